The summed E-state index contributed by atoms with van der Waals surface area (Å²) in [6, 6.07) is 5.70. The molecular formula is C18H25FN6O. The first-order valence-corrected chi connectivity index (χ1v) is 8.42. The van der Waals surface area contributed by atoms with Gasteiger partial charge in [-0.3, -0.25) is 5.32 Å². The molecule has 0 saturated carbocycles. The average Bonchev–Trinajstić information content (AvgIpc) is 2.54. The van der Waals surface area contributed by atoms with E-state index in [1.165, 1.54) is 12.1 Å². The quantitative estimate of drug-likeness (QED) is 0.661. The van der Waals surface area contributed by atoms with Crippen LogP contribution in [0.1, 0.15) is 17.7 Å². The molecule has 2 amide bonds. The van der Waals surface area contributed by atoms with Crippen molar-refractivity contribution in [2.45, 2.75) is 20.3 Å². The molecule has 0 unspecified atom stereocenters. The number of nitrogens with one attached hydrogen (secondary N) is 3. The number of urea groups is 1. The van der Waals surface area contributed by atoms with E-state index in [9.17, 15) is 9.18 Å². The smallest absolute Gasteiger partial charge is 0.326 e. The second-order valence-electron chi connectivity index (χ2n) is 6.34. The molecule has 2 rings (SSSR count). The highest BCUT2D eigenvalue weighted by atomic mass is 19.1. The lowest BCUT2D eigenvalue weighted by molar-refractivity contribution is 0.262. The molecule has 0 atom stereocenters. The van der Waals surface area contributed by atoms with Crippen LogP contribution in [0.2, 0.25) is 0 Å². The van der Waals surface area contributed by atoms with Crippen LogP contribution in [0.15, 0.2) is 24.3 Å². The van der Waals surface area contributed by atoms with Crippen LogP contribution >= 0.6 is 0 Å². The van der Waals surface area contributed by atoms with Crippen LogP contribution in [-0.2, 0) is 0 Å². The average molecular weight is 360 g/mol. The first-order valence-electron chi connectivity index (χ1n) is 8.42. The van der Waals surface area contributed by atoms with E-state index in [1.54, 1.807) is 13.0 Å². The Labute approximate surface area is 153 Å². The van der Waals surface area contributed by atoms with Crippen molar-refractivity contribution in [2.24, 2.45) is 0 Å². The molecule has 140 valence electrons. The van der Waals surface area contributed by atoms with Gasteiger partial charge in [0.25, 0.3) is 0 Å². The molecule has 26 heavy (non-hydrogen) atoms. The molecule has 0 bridgehead atoms. The van der Waals surface area contributed by atoms with Crippen molar-refractivity contribution < 1.29 is 9.18 Å². The summed E-state index contributed by atoms with van der Waals surface area (Å²) >= 11 is 0. The van der Waals surface area contributed by atoms with Crippen molar-refractivity contribution in [1.82, 2.24) is 14.9 Å². The van der Waals surface area contributed by atoms with Gasteiger partial charge in [0, 0.05) is 24.0 Å². The van der Waals surface area contributed by atoms with E-state index in [1.807, 2.05) is 27.1 Å². The maximum atomic E-state index is 13.3. The third-order valence-electron chi connectivity index (χ3n) is 3.58. The zero-order chi connectivity index (χ0) is 19.1. The molecule has 3 N–H and O–H groups in total. The van der Waals surface area contributed by atoms with E-state index in [-0.39, 0.29) is 11.8 Å². The predicted molar refractivity (Wildman–Crippen MR) is 102 cm³/mol. The number of hydrogen-bond acceptors (Lipinski definition) is 5. The summed E-state index contributed by atoms with van der Waals surface area (Å²) in [5.41, 5.74) is 1.69. The van der Waals surface area contributed by atoms with Gasteiger partial charge < -0.3 is 15.5 Å². The third-order valence-corrected chi connectivity index (χ3v) is 3.58. The second-order valence-corrected chi connectivity index (χ2v) is 6.34. The molecule has 1 aromatic carbocycles. The fourth-order valence-electron chi connectivity index (χ4n) is 2.31. The Balaban J connectivity index is 1.95. The minimum absolute atomic E-state index is 0.205. The Morgan fingerprint density at radius 3 is 2.62 bits per heavy atom. The standard InChI is InChI=1S/C18H25FN6O/c1-12-10-14(6-7-15(12)19)22-18(26)24-17-21-13(2)11-16(23-17)20-8-5-9-25(3)4/h6-7,10-11H,5,8-9H2,1-4H3,(H3,20,21,22,23,24,26). The molecule has 1 heterocycles. The third kappa shape index (κ3) is 6.29. The molecule has 7 nitrogen and oxygen atoms in total. The van der Waals surface area contributed by atoms with E-state index in [4.69, 9.17) is 0 Å². The van der Waals surface area contributed by atoms with Gasteiger partial charge in [0.05, 0.1) is 0 Å². The van der Waals surface area contributed by atoms with Crippen molar-refractivity contribution in [3.8, 4) is 0 Å². The number of rotatable bonds is 7. The summed E-state index contributed by atoms with van der Waals surface area (Å²) < 4.78 is 13.3. The number of hydrogen-bond donors (Lipinski definition) is 3. The minimum Gasteiger partial charge on any atom is -0.370 e. The lowest BCUT2D eigenvalue weighted by Crippen LogP contribution is -2.22. The maximum absolute atomic E-state index is 13.3. The van der Waals surface area contributed by atoms with Crippen molar-refractivity contribution in [3.63, 3.8) is 0 Å². The number of carbonyl (C=O) groups is 1. The molecular weight excluding hydrogens is 335 g/mol. The van der Waals surface area contributed by atoms with Gasteiger partial charge >= 0.3 is 6.03 Å². The van der Waals surface area contributed by atoms with Gasteiger partial charge in [-0.2, -0.15) is 4.98 Å². The van der Waals surface area contributed by atoms with Crippen LogP contribution < -0.4 is 16.0 Å². The number of aromatic nitrogens is 2. The SMILES string of the molecule is Cc1cc(NCCCN(C)C)nc(NC(=O)Nc2ccc(F)c(C)c2)n1. The highest BCUT2D eigenvalue weighted by Gasteiger charge is 2.08. The van der Waals surface area contributed by atoms with Gasteiger partial charge in [-0.15, -0.1) is 0 Å². The number of carbonyl (C=O) groups excluding carboxylic acids is 1. The number of halogens is 1. The van der Waals surface area contributed by atoms with Gasteiger partial charge in [0.1, 0.15) is 11.6 Å². The van der Waals surface area contributed by atoms with Gasteiger partial charge in [0.15, 0.2) is 0 Å². The molecule has 0 aliphatic rings. The zero-order valence-corrected chi connectivity index (χ0v) is 15.6. The fourth-order valence-corrected chi connectivity index (χ4v) is 2.31. The molecule has 8 heteroatoms. The molecule has 0 aliphatic carbocycles. The summed E-state index contributed by atoms with van der Waals surface area (Å²) in [7, 11) is 4.05. The van der Waals surface area contributed by atoms with Crippen molar-refractivity contribution in [1.29, 1.82) is 0 Å². The van der Waals surface area contributed by atoms with E-state index in [0.29, 0.717) is 17.1 Å². The van der Waals surface area contributed by atoms with E-state index >= 15 is 0 Å². The maximum Gasteiger partial charge on any atom is 0.326 e. The minimum atomic E-state index is -0.486. The van der Waals surface area contributed by atoms with Gasteiger partial charge in [-0.05, 0) is 64.7 Å². The van der Waals surface area contributed by atoms with Gasteiger partial charge in [0.2, 0.25) is 5.95 Å². The molecule has 2 aromatic rings. The molecule has 1 aromatic heterocycles. The molecule has 0 spiro atoms. The normalized spacial score (nSPS) is 10.7. The number of amides is 2. The Bertz CT molecular complexity index is 765. The topological polar surface area (TPSA) is 82.2 Å². The highest BCUT2D eigenvalue weighted by Crippen LogP contribution is 2.14. The van der Waals surface area contributed by atoms with Crippen molar-refractivity contribution >= 4 is 23.5 Å². The first kappa shape index (κ1) is 19.6. The van der Waals surface area contributed by atoms with Crippen molar-refractivity contribution in [2.75, 3.05) is 43.1 Å². The number of benzene rings is 1. The molecule has 0 saturated heterocycles. The van der Waals surface area contributed by atoms with Crippen LogP contribution in [0, 0.1) is 19.7 Å². The Kier molecular flexibility index (Phi) is 6.85. The Morgan fingerprint density at radius 1 is 1.15 bits per heavy atom. The summed E-state index contributed by atoms with van der Waals surface area (Å²) in [6.45, 7) is 5.21. The van der Waals surface area contributed by atoms with Gasteiger partial charge in [-0.1, -0.05) is 0 Å². The molecule has 0 fully saturated rings. The summed E-state index contributed by atoms with van der Waals surface area (Å²) in [5, 5.41) is 8.47. The van der Waals surface area contributed by atoms with Crippen molar-refractivity contribution in [3.05, 3.63) is 41.3 Å². The lowest BCUT2D eigenvalue weighted by atomic mass is 10.2. The lowest BCUT2D eigenvalue weighted by Gasteiger charge is -2.12. The zero-order valence-electron chi connectivity index (χ0n) is 15.6. The van der Waals surface area contributed by atoms with Crippen LogP contribution in [0.25, 0.3) is 0 Å². The summed E-state index contributed by atoms with van der Waals surface area (Å²) in [6.07, 6.45) is 0.975. The number of nitrogens with zero attached hydrogens (tertiary/aromatic N) is 3. The fraction of sp³-hybridized carbons (Fsp3) is 0.389. The monoisotopic (exact) mass is 360 g/mol. The first-order chi connectivity index (χ1) is 12.3. The van der Waals surface area contributed by atoms with Crippen LogP contribution in [-0.4, -0.2) is 48.1 Å². The number of anilines is 3. The highest BCUT2D eigenvalue weighted by molar-refractivity contribution is 5.98. The van der Waals surface area contributed by atoms with Crippen LogP contribution in [0.3, 0.4) is 0 Å². The van der Waals surface area contributed by atoms with Crippen LogP contribution in [0.5, 0.6) is 0 Å². The number of aryl methyl sites for hydroxylation is 2. The Hall–Kier alpha value is -2.74. The largest absolute Gasteiger partial charge is 0.370 e. The van der Waals surface area contributed by atoms with Gasteiger partial charge in [-0.25, -0.2) is 14.2 Å². The second kappa shape index (κ2) is 9.10. The summed E-state index contributed by atoms with van der Waals surface area (Å²) in [5.74, 6) is 0.545. The van der Waals surface area contributed by atoms with Crippen LogP contribution in [0.4, 0.5) is 26.6 Å². The van der Waals surface area contributed by atoms with E-state index in [2.05, 4.69) is 30.8 Å². The summed E-state index contributed by atoms with van der Waals surface area (Å²) in [4.78, 5) is 22.7. The van der Waals surface area contributed by atoms with E-state index < -0.39 is 6.03 Å². The molecule has 0 radical (unpaired) electrons. The molecule has 0 aliphatic heterocycles. The van der Waals surface area contributed by atoms with E-state index in [0.717, 1.165) is 25.2 Å². The Morgan fingerprint density at radius 2 is 1.92 bits per heavy atom. The predicted octanol–water partition coefficient (Wildman–Crippen LogP) is 3.24.